The second kappa shape index (κ2) is 8.26. The van der Waals surface area contributed by atoms with Crippen molar-refractivity contribution in [3.63, 3.8) is 0 Å². The van der Waals surface area contributed by atoms with Crippen LogP contribution in [0.4, 0.5) is 0 Å². The number of aryl methyl sites for hydroxylation is 1. The van der Waals surface area contributed by atoms with Crippen LogP contribution < -0.4 is 16.0 Å². The first kappa shape index (κ1) is 15.2. The van der Waals surface area contributed by atoms with E-state index in [1.807, 2.05) is 24.3 Å². The number of benzene rings is 1. The molecule has 0 atom stereocenters. The van der Waals surface area contributed by atoms with E-state index in [0.717, 1.165) is 17.7 Å². The second-order valence-corrected chi connectivity index (χ2v) is 4.37. The summed E-state index contributed by atoms with van der Waals surface area (Å²) in [5.74, 6) is 5.78. The Kier molecular flexibility index (Phi) is 6.60. The summed E-state index contributed by atoms with van der Waals surface area (Å²) in [6, 6.07) is 7.57. The van der Waals surface area contributed by atoms with Crippen molar-refractivity contribution in [3.8, 4) is 5.75 Å². The highest BCUT2D eigenvalue weighted by molar-refractivity contribution is 5.75. The Hall–Kier alpha value is -1.88. The zero-order chi connectivity index (χ0) is 14.1. The fraction of sp³-hybridized carbons (Fsp3) is 0.429. The van der Waals surface area contributed by atoms with Crippen LogP contribution in [0.5, 0.6) is 5.75 Å². The Morgan fingerprint density at radius 1 is 1.21 bits per heavy atom. The van der Waals surface area contributed by atoms with Crippen LogP contribution in [0, 0.1) is 0 Å². The minimum atomic E-state index is -0.176. The van der Waals surface area contributed by atoms with Crippen LogP contribution in [0.2, 0.25) is 0 Å². The van der Waals surface area contributed by atoms with Crippen LogP contribution in [-0.2, 0) is 16.0 Å². The van der Waals surface area contributed by atoms with E-state index >= 15 is 0 Å². The Bertz CT molecular complexity index is 415. The topological polar surface area (TPSA) is 81.4 Å². The van der Waals surface area contributed by atoms with E-state index in [1.165, 1.54) is 0 Å². The molecule has 19 heavy (non-hydrogen) atoms. The maximum atomic E-state index is 11.0. The van der Waals surface area contributed by atoms with Crippen molar-refractivity contribution < 1.29 is 14.3 Å². The number of hydrogen-bond donors (Lipinski definition) is 2. The average Bonchev–Trinajstić information content (AvgIpc) is 2.42. The molecule has 5 nitrogen and oxygen atoms in total. The minimum absolute atomic E-state index is 0.176. The highest BCUT2D eigenvalue weighted by Crippen LogP contribution is 2.13. The molecule has 0 spiro atoms. The van der Waals surface area contributed by atoms with Gasteiger partial charge in [0.1, 0.15) is 11.5 Å². The van der Waals surface area contributed by atoms with Gasteiger partial charge in [-0.2, -0.15) is 0 Å². The standard InChI is InChI=1S/C14H20N2O3/c1-11(17)3-2-10-19-13-7-4-12(5-8-13)6-9-14(18)16-15/h4-5,7-8H,2-3,6,9-10,15H2,1H3,(H,16,18). The van der Waals surface area contributed by atoms with E-state index in [2.05, 4.69) is 5.43 Å². The largest absolute Gasteiger partial charge is 0.494 e. The lowest BCUT2D eigenvalue weighted by molar-refractivity contribution is -0.121. The summed E-state index contributed by atoms with van der Waals surface area (Å²) < 4.78 is 5.51. The number of carbonyl (C=O) groups excluding carboxylic acids is 2. The number of nitrogens with two attached hydrogens (primary N) is 1. The van der Waals surface area contributed by atoms with Crippen molar-refractivity contribution in [2.45, 2.75) is 32.6 Å². The van der Waals surface area contributed by atoms with E-state index in [1.54, 1.807) is 6.92 Å². The van der Waals surface area contributed by atoms with Crippen LogP contribution >= 0.6 is 0 Å². The molecule has 0 aromatic heterocycles. The number of carbonyl (C=O) groups is 2. The van der Waals surface area contributed by atoms with E-state index in [-0.39, 0.29) is 11.7 Å². The minimum Gasteiger partial charge on any atom is -0.494 e. The molecule has 1 aromatic carbocycles. The number of rotatable bonds is 8. The molecule has 1 amide bonds. The molecule has 0 bridgehead atoms. The SMILES string of the molecule is CC(=O)CCCOc1ccc(CCC(=O)NN)cc1. The zero-order valence-corrected chi connectivity index (χ0v) is 11.1. The van der Waals surface area contributed by atoms with Crippen LogP contribution in [0.3, 0.4) is 0 Å². The third-order valence-corrected chi connectivity index (χ3v) is 2.67. The summed E-state index contributed by atoms with van der Waals surface area (Å²) in [6.45, 7) is 2.11. The number of hydrogen-bond acceptors (Lipinski definition) is 4. The number of Topliss-reactive ketones (excluding diaryl/α,β-unsaturated/α-hetero) is 1. The van der Waals surface area contributed by atoms with Crippen molar-refractivity contribution >= 4 is 11.7 Å². The summed E-state index contributed by atoms with van der Waals surface area (Å²) in [5.41, 5.74) is 3.15. The number of ketones is 1. The summed E-state index contributed by atoms with van der Waals surface area (Å²) in [4.78, 5) is 21.7. The summed E-state index contributed by atoms with van der Waals surface area (Å²) >= 11 is 0. The van der Waals surface area contributed by atoms with Gasteiger partial charge in [0, 0.05) is 12.8 Å². The molecule has 0 aliphatic carbocycles. The van der Waals surface area contributed by atoms with Gasteiger partial charge in [-0.15, -0.1) is 0 Å². The van der Waals surface area contributed by atoms with Crippen molar-refractivity contribution in [1.82, 2.24) is 5.43 Å². The second-order valence-electron chi connectivity index (χ2n) is 4.37. The quantitative estimate of drug-likeness (QED) is 0.321. The predicted molar refractivity (Wildman–Crippen MR) is 72.5 cm³/mol. The van der Waals surface area contributed by atoms with Gasteiger partial charge >= 0.3 is 0 Å². The van der Waals surface area contributed by atoms with Gasteiger partial charge in [-0.3, -0.25) is 10.2 Å². The number of amides is 1. The molecule has 0 aliphatic heterocycles. The molecule has 0 saturated carbocycles. The third kappa shape index (κ3) is 6.57. The first-order valence-electron chi connectivity index (χ1n) is 6.32. The molecule has 5 heteroatoms. The van der Waals surface area contributed by atoms with E-state index in [0.29, 0.717) is 25.9 Å². The van der Waals surface area contributed by atoms with Crippen LogP contribution in [0.25, 0.3) is 0 Å². The zero-order valence-electron chi connectivity index (χ0n) is 11.1. The molecule has 0 unspecified atom stereocenters. The summed E-state index contributed by atoms with van der Waals surface area (Å²) in [7, 11) is 0. The fourth-order valence-corrected chi connectivity index (χ4v) is 1.59. The van der Waals surface area contributed by atoms with Gasteiger partial charge < -0.3 is 9.53 Å². The lowest BCUT2D eigenvalue weighted by Crippen LogP contribution is -2.30. The molecule has 0 heterocycles. The molecule has 0 fully saturated rings. The van der Waals surface area contributed by atoms with Crippen molar-refractivity contribution in [1.29, 1.82) is 0 Å². The molecule has 3 N–H and O–H groups in total. The lowest BCUT2D eigenvalue weighted by Gasteiger charge is -2.06. The van der Waals surface area contributed by atoms with Gasteiger partial charge in [0.2, 0.25) is 5.91 Å². The monoisotopic (exact) mass is 264 g/mol. The normalized spacial score (nSPS) is 10.0. The number of nitrogens with one attached hydrogen (secondary N) is 1. The average molecular weight is 264 g/mol. The molecule has 1 aromatic rings. The summed E-state index contributed by atoms with van der Waals surface area (Å²) in [6.07, 6.45) is 2.29. The molecule has 104 valence electrons. The van der Waals surface area contributed by atoms with Gasteiger partial charge in [0.15, 0.2) is 0 Å². The van der Waals surface area contributed by atoms with E-state index in [4.69, 9.17) is 10.6 Å². The van der Waals surface area contributed by atoms with Gasteiger partial charge in [-0.1, -0.05) is 12.1 Å². The smallest absolute Gasteiger partial charge is 0.234 e. The van der Waals surface area contributed by atoms with E-state index in [9.17, 15) is 9.59 Å². The fourth-order valence-electron chi connectivity index (χ4n) is 1.59. The molecular formula is C14H20N2O3. The molecule has 0 saturated heterocycles. The van der Waals surface area contributed by atoms with Gasteiger partial charge in [0.25, 0.3) is 0 Å². The van der Waals surface area contributed by atoms with Crippen LogP contribution in [-0.4, -0.2) is 18.3 Å². The van der Waals surface area contributed by atoms with Crippen LogP contribution in [0.15, 0.2) is 24.3 Å². The maximum absolute atomic E-state index is 11.0. The first-order valence-corrected chi connectivity index (χ1v) is 6.32. The first-order chi connectivity index (χ1) is 9.11. The van der Waals surface area contributed by atoms with Crippen molar-refractivity contribution in [2.24, 2.45) is 5.84 Å². The highest BCUT2D eigenvalue weighted by Gasteiger charge is 2.01. The van der Waals surface area contributed by atoms with Crippen LogP contribution in [0.1, 0.15) is 31.7 Å². The molecule has 0 aliphatic rings. The Balaban J connectivity index is 2.31. The van der Waals surface area contributed by atoms with Gasteiger partial charge in [-0.25, -0.2) is 5.84 Å². The Morgan fingerprint density at radius 3 is 2.47 bits per heavy atom. The maximum Gasteiger partial charge on any atom is 0.234 e. The lowest BCUT2D eigenvalue weighted by atomic mass is 10.1. The van der Waals surface area contributed by atoms with Gasteiger partial charge in [0.05, 0.1) is 6.61 Å². The number of hydrazine groups is 1. The Morgan fingerprint density at radius 2 is 1.89 bits per heavy atom. The molecule has 1 rings (SSSR count). The Labute approximate surface area is 113 Å². The van der Waals surface area contributed by atoms with E-state index < -0.39 is 0 Å². The van der Waals surface area contributed by atoms with Crippen molar-refractivity contribution in [3.05, 3.63) is 29.8 Å². The molecule has 0 radical (unpaired) electrons. The highest BCUT2D eigenvalue weighted by atomic mass is 16.5. The molecular weight excluding hydrogens is 244 g/mol. The van der Waals surface area contributed by atoms with Crippen molar-refractivity contribution in [2.75, 3.05) is 6.61 Å². The predicted octanol–water partition coefficient (Wildman–Crippen LogP) is 1.36. The third-order valence-electron chi connectivity index (χ3n) is 2.67. The van der Waals surface area contributed by atoms with Gasteiger partial charge in [-0.05, 0) is 37.5 Å². The number of ether oxygens (including phenoxy) is 1. The summed E-state index contributed by atoms with van der Waals surface area (Å²) in [5, 5.41) is 0.